The van der Waals surface area contributed by atoms with E-state index in [0.717, 1.165) is 11.1 Å². The van der Waals surface area contributed by atoms with Crippen LogP contribution in [-0.2, 0) is 31.6 Å². The molecule has 7 heteroatoms. The first-order chi connectivity index (χ1) is 14.3. The highest BCUT2D eigenvalue weighted by Crippen LogP contribution is 2.54. The molecule has 6 nitrogen and oxygen atoms in total. The van der Waals surface area contributed by atoms with Crippen LogP contribution in [0, 0.1) is 5.92 Å². The van der Waals surface area contributed by atoms with Crippen molar-refractivity contribution in [3.8, 4) is 0 Å². The molecule has 0 bridgehead atoms. The summed E-state index contributed by atoms with van der Waals surface area (Å²) in [5, 5.41) is 12.6. The minimum absolute atomic E-state index is 0.118. The van der Waals surface area contributed by atoms with E-state index in [-0.39, 0.29) is 19.1 Å². The minimum atomic E-state index is -3.67. The smallest absolute Gasteiger partial charge is 0.348 e. The molecule has 0 saturated heterocycles. The Labute approximate surface area is 179 Å². The Hall–Kier alpha value is -1.98. The summed E-state index contributed by atoms with van der Waals surface area (Å²) in [5.41, 5.74) is 1.74. The van der Waals surface area contributed by atoms with Crippen molar-refractivity contribution in [3.05, 3.63) is 71.8 Å². The van der Waals surface area contributed by atoms with Gasteiger partial charge in [0.05, 0.1) is 13.2 Å². The standard InChI is InChI=1S/C23H32NO5P/c1-4-22(24-21(23(25)26)15-18(2)3)30(27,28-16-19-11-7-5-8-12-19)29-17-20-13-9-6-10-14-20/h5-14,18,21-22,24H,4,15-17H2,1-3H3,(H,25,26)/t21-,22-/m0/s1. The van der Waals surface area contributed by atoms with Crippen molar-refractivity contribution in [3.63, 3.8) is 0 Å². The molecular formula is C23H32NO5P. The van der Waals surface area contributed by atoms with Gasteiger partial charge in [-0.05, 0) is 29.9 Å². The van der Waals surface area contributed by atoms with Crippen LogP contribution >= 0.6 is 7.60 Å². The predicted molar refractivity (Wildman–Crippen MR) is 118 cm³/mol. The number of carboxylic acids is 1. The van der Waals surface area contributed by atoms with Crippen molar-refractivity contribution in [2.45, 2.75) is 58.7 Å². The summed E-state index contributed by atoms with van der Waals surface area (Å²) in [6, 6.07) is 18.0. The number of hydrogen-bond acceptors (Lipinski definition) is 5. The molecule has 30 heavy (non-hydrogen) atoms. The second kappa shape index (κ2) is 12.0. The predicted octanol–water partition coefficient (Wildman–Crippen LogP) is 5.44. The van der Waals surface area contributed by atoms with Gasteiger partial charge in [-0.2, -0.15) is 0 Å². The Morgan fingerprint density at radius 1 is 0.967 bits per heavy atom. The topological polar surface area (TPSA) is 84.9 Å². The molecule has 0 amide bonds. The molecule has 2 N–H and O–H groups in total. The lowest BCUT2D eigenvalue weighted by atomic mass is 10.0. The van der Waals surface area contributed by atoms with Gasteiger partial charge in [-0.3, -0.25) is 14.7 Å². The Bertz CT molecular complexity index is 765. The summed E-state index contributed by atoms with van der Waals surface area (Å²) in [5.74, 6) is -1.53. The number of nitrogens with one attached hydrogen (secondary N) is 1. The highest BCUT2D eigenvalue weighted by molar-refractivity contribution is 7.54. The molecular weight excluding hydrogens is 401 g/mol. The minimum Gasteiger partial charge on any atom is -0.480 e. The molecule has 0 aliphatic carbocycles. The fourth-order valence-electron chi connectivity index (χ4n) is 3.07. The number of aliphatic carboxylic acids is 1. The number of rotatable bonds is 13. The Balaban J connectivity index is 2.21. The SMILES string of the molecule is CC[C@@H](N[C@@H](CC(C)C)C(=O)O)P(=O)(OCc1ccccc1)OCc1ccccc1. The quantitative estimate of drug-likeness (QED) is 0.409. The van der Waals surface area contributed by atoms with E-state index in [9.17, 15) is 14.5 Å². The van der Waals surface area contributed by atoms with Gasteiger partial charge in [0.2, 0.25) is 0 Å². The van der Waals surface area contributed by atoms with E-state index in [1.165, 1.54) is 0 Å². The van der Waals surface area contributed by atoms with E-state index >= 15 is 0 Å². The molecule has 0 saturated carbocycles. The van der Waals surface area contributed by atoms with Crippen molar-refractivity contribution in [2.75, 3.05) is 0 Å². The lowest BCUT2D eigenvalue weighted by molar-refractivity contribution is -0.140. The zero-order chi connectivity index (χ0) is 22.0. The summed E-state index contributed by atoms with van der Waals surface area (Å²) < 4.78 is 25.5. The fourth-order valence-corrected chi connectivity index (χ4v) is 4.97. The molecule has 0 radical (unpaired) electrons. The van der Waals surface area contributed by atoms with E-state index in [1.807, 2.05) is 81.4 Å². The Kier molecular flexibility index (Phi) is 9.73. The van der Waals surface area contributed by atoms with E-state index in [4.69, 9.17) is 9.05 Å². The second-order valence-corrected chi connectivity index (χ2v) is 9.89. The molecule has 0 aromatic heterocycles. The molecule has 0 fully saturated rings. The molecule has 0 heterocycles. The van der Waals surface area contributed by atoms with Crippen LogP contribution in [0.1, 0.15) is 44.7 Å². The van der Waals surface area contributed by atoms with Gasteiger partial charge in [-0.15, -0.1) is 0 Å². The van der Waals surface area contributed by atoms with Crippen LogP contribution < -0.4 is 5.32 Å². The van der Waals surface area contributed by atoms with Crippen LogP contribution in [0.5, 0.6) is 0 Å². The molecule has 2 aromatic rings. The van der Waals surface area contributed by atoms with Crippen LogP contribution in [0.25, 0.3) is 0 Å². The summed E-state index contributed by atoms with van der Waals surface area (Å²) in [6.45, 7) is 5.99. The molecule has 0 aliphatic heterocycles. The van der Waals surface area contributed by atoms with Crippen molar-refractivity contribution >= 4 is 13.6 Å². The van der Waals surface area contributed by atoms with Crippen LogP contribution in [0.4, 0.5) is 0 Å². The highest BCUT2D eigenvalue weighted by atomic mass is 31.2. The van der Waals surface area contributed by atoms with Gasteiger partial charge in [-0.1, -0.05) is 81.4 Å². The maximum absolute atomic E-state index is 13.8. The summed E-state index contributed by atoms with van der Waals surface area (Å²) in [6.07, 6.45) is 0.825. The van der Waals surface area contributed by atoms with Crippen LogP contribution in [0.2, 0.25) is 0 Å². The van der Waals surface area contributed by atoms with Gasteiger partial charge in [-0.25, -0.2) is 0 Å². The van der Waals surface area contributed by atoms with E-state index in [2.05, 4.69) is 5.32 Å². The maximum atomic E-state index is 13.8. The average molecular weight is 433 g/mol. The normalized spacial score (nSPS) is 13.9. The van der Waals surface area contributed by atoms with E-state index < -0.39 is 25.4 Å². The molecule has 2 aromatic carbocycles. The van der Waals surface area contributed by atoms with Gasteiger partial charge in [0, 0.05) is 0 Å². The molecule has 2 atom stereocenters. The highest BCUT2D eigenvalue weighted by Gasteiger charge is 2.38. The molecule has 0 unspecified atom stereocenters. The second-order valence-electron chi connectivity index (χ2n) is 7.67. The van der Waals surface area contributed by atoms with Crippen LogP contribution in [0.3, 0.4) is 0 Å². The fraction of sp³-hybridized carbons (Fsp3) is 0.435. The Morgan fingerprint density at radius 2 is 1.43 bits per heavy atom. The largest absolute Gasteiger partial charge is 0.480 e. The Morgan fingerprint density at radius 3 is 1.80 bits per heavy atom. The lowest BCUT2D eigenvalue weighted by Crippen LogP contribution is -2.44. The van der Waals surface area contributed by atoms with E-state index in [0.29, 0.717) is 12.8 Å². The van der Waals surface area contributed by atoms with Crippen molar-refractivity contribution in [2.24, 2.45) is 5.92 Å². The molecule has 2 rings (SSSR count). The number of carbonyl (C=O) groups is 1. The molecule has 0 aliphatic rings. The van der Waals surface area contributed by atoms with Crippen LogP contribution in [0.15, 0.2) is 60.7 Å². The summed E-state index contributed by atoms with van der Waals surface area (Å²) in [7, 11) is -3.67. The first-order valence-corrected chi connectivity index (χ1v) is 11.9. The van der Waals surface area contributed by atoms with Crippen molar-refractivity contribution in [1.29, 1.82) is 0 Å². The molecule has 0 spiro atoms. The van der Waals surface area contributed by atoms with Crippen molar-refractivity contribution in [1.82, 2.24) is 5.32 Å². The number of hydrogen-bond donors (Lipinski definition) is 2. The maximum Gasteiger partial charge on any atom is 0.348 e. The van der Waals surface area contributed by atoms with Gasteiger partial charge < -0.3 is 14.2 Å². The zero-order valence-electron chi connectivity index (χ0n) is 17.9. The first-order valence-electron chi connectivity index (χ1n) is 10.3. The number of carboxylic acid groups (broad SMARTS) is 1. The average Bonchev–Trinajstić information content (AvgIpc) is 2.75. The molecule has 164 valence electrons. The van der Waals surface area contributed by atoms with Crippen molar-refractivity contribution < 1.29 is 23.5 Å². The zero-order valence-corrected chi connectivity index (χ0v) is 18.8. The van der Waals surface area contributed by atoms with Gasteiger partial charge in [0.15, 0.2) is 0 Å². The monoisotopic (exact) mass is 433 g/mol. The third kappa shape index (κ3) is 7.69. The summed E-state index contributed by atoms with van der Waals surface area (Å²) >= 11 is 0. The van der Waals surface area contributed by atoms with Gasteiger partial charge in [0.25, 0.3) is 0 Å². The number of benzene rings is 2. The first kappa shape index (κ1) is 24.3. The third-order valence-electron chi connectivity index (χ3n) is 4.68. The summed E-state index contributed by atoms with van der Waals surface area (Å²) in [4.78, 5) is 11.7. The van der Waals surface area contributed by atoms with Gasteiger partial charge >= 0.3 is 13.6 Å². The third-order valence-corrected chi connectivity index (χ3v) is 6.93. The van der Waals surface area contributed by atoms with Crippen LogP contribution in [-0.4, -0.2) is 22.9 Å². The van der Waals surface area contributed by atoms with E-state index in [1.54, 1.807) is 0 Å². The van der Waals surface area contributed by atoms with Gasteiger partial charge in [0.1, 0.15) is 11.8 Å². The lowest BCUT2D eigenvalue weighted by Gasteiger charge is -2.30.